The Kier molecular flexibility index (Phi) is 6.23. The molecule has 1 heterocycles. The van der Waals surface area contributed by atoms with Crippen molar-refractivity contribution in [1.82, 2.24) is 4.90 Å². The molecule has 0 saturated heterocycles. The Hall–Kier alpha value is -4.86. The van der Waals surface area contributed by atoms with Gasteiger partial charge in [-0.05, 0) is 46.2 Å². The Bertz CT molecular complexity index is 1540. The third-order valence-electron chi connectivity index (χ3n) is 6.19. The number of ether oxygens (including phenoxy) is 1. The number of nitrogens with zero attached hydrogens (tertiary/aromatic N) is 1. The topological polar surface area (TPSA) is 95.9 Å². The summed E-state index contributed by atoms with van der Waals surface area (Å²) in [5.74, 6) is -3.37. The second-order valence-electron chi connectivity index (χ2n) is 8.62. The van der Waals surface area contributed by atoms with Gasteiger partial charge in [-0.1, -0.05) is 66.7 Å². The predicted molar refractivity (Wildman–Crippen MR) is 131 cm³/mol. The maximum absolute atomic E-state index is 14.1. The third kappa shape index (κ3) is 4.75. The van der Waals surface area contributed by atoms with Crippen molar-refractivity contribution in [2.75, 3.05) is 5.32 Å². The summed E-state index contributed by atoms with van der Waals surface area (Å²) in [6.45, 7) is 0. The van der Waals surface area contributed by atoms with Gasteiger partial charge in [0.1, 0.15) is 11.8 Å². The first kappa shape index (κ1) is 24.8. The summed E-state index contributed by atoms with van der Waals surface area (Å²) in [6, 6.07) is 19.6. The van der Waals surface area contributed by atoms with Gasteiger partial charge in [0.25, 0.3) is 11.8 Å². The van der Waals surface area contributed by atoms with Crippen molar-refractivity contribution in [1.29, 1.82) is 0 Å². The molecule has 4 aromatic rings. The first-order chi connectivity index (χ1) is 18.1. The van der Waals surface area contributed by atoms with Crippen LogP contribution in [0.2, 0.25) is 0 Å². The monoisotopic (exact) mass is 520 g/mol. The smallest absolute Gasteiger partial charge is 0.479 e. The number of hydrogen-bond acceptors (Lipinski definition) is 4. The lowest BCUT2D eigenvalue weighted by Gasteiger charge is -2.34. The van der Waals surface area contributed by atoms with Gasteiger partial charge in [-0.3, -0.25) is 9.59 Å². The molecular weight excluding hydrogens is 501 g/mol. The number of carbonyl (C=O) groups excluding carboxylic acids is 2. The minimum Gasteiger partial charge on any atom is -0.479 e. The number of rotatable bonds is 5. The fraction of sp³-hybridized carbons (Fsp3) is 0.107. The summed E-state index contributed by atoms with van der Waals surface area (Å²) in [5, 5.41) is 14.4. The Morgan fingerprint density at radius 1 is 0.895 bits per heavy atom. The van der Waals surface area contributed by atoms with E-state index in [1.807, 2.05) is 0 Å². The summed E-state index contributed by atoms with van der Waals surface area (Å²) in [4.78, 5) is 41.3. The number of hydrogen-bond donors (Lipinski definition) is 2. The molecule has 4 aromatic carbocycles. The van der Waals surface area contributed by atoms with E-state index >= 15 is 0 Å². The Balaban J connectivity index is 1.69. The fourth-order valence-electron chi connectivity index (χ4n) is 4.59. The molecule has 38 heavy (non-hydrogen) atoms. The molecule has 1 aliphatic rings. The number of alkyl halides is 3. The van der Waals surface area contributed by atoms with Crippen molar-refractivity contribution in [2.45, 2.75) is 18.4 Å². The lowest BCUT2D eigenvalue weighted by molar-refractivity contribution is -0.274. The van der Waals surface area contributed by atoms with Gasteiger partial charge in [0.15, 0.2) is 6.04 Å². The number of carboxylic acids is 1. The second kappa shape index (κ2) is 9.55. The van der Waals surface area contributed by atoms with Gasteiger partial charge < -0.3 is 20.1 Å². The van der Waals surface area contributed by atoms with Crippen LogP contribution in [0.3, 0.4) is 0 Å². The molecule has 192 valence electrons. The minimum atomic E-state index is -4.92. The van der Waals surface area contributed by atoms with Gasteiger partial charge in [0.05, 0.1) is 11.3 Å². The summed E-state index contributed by atoms with van der Waals surface area (Å²) >= 11 is 0. The third-order valence-corrected chi connectivity index (χ3v) is 6.19. The average molecular weight is 520 g/mol. The first-order valence-corrected chi connectivity index (χ1v) is 11.4. The number of aliphatic carboxylic acids is 1. The molecule has 0 fully saturated rings. The van der Waals surface area contributed by atoms with Gasteiger partial charge in [-0.25, -0.2) is 4.79 Å². The Morgan fingerprint density at radius 2 is 1.50 bits per heavy atom. The molecule has 2 atom stereocenters. The zero-order valence-corrected chi connectivity index (χ0v) is 19.5. The molecule has 0 aliphatic carbocycles. The number of anilines is 1. The van der Waals surface area contributed by atoms with E-state index in [1.54, 1.807) is 54.6 Å². The van der Waals surface area contributed by atoms with Gasteiger partial charge in [-0.2, -0.15) is 0 Å². The van der Waals surface area contributed by atoms with Crippen molar-refractivity contribution >= 4 is 34.2 Å². The molecule has 2 amide bonds. The zero-order chi connectivity index (χ0) is 27.0. The van der Waals surface area contributed by atoms with Crippen molar-refractivity contribution in [3.05, 3.63) is 108 Å². The van der Waals surface area contributed by atoms with Gasteiger partial charge in [-0.15, -0.1) is 13.2 Å². The van der Waals surface area contributed by atoms with Crippen LogP contribution in [0.1, 0.15) is 33.6 Å². The fourth-order valence-corrected chi connectivity index (χ4v) is 4.59. The standard InChI is InChI=1S/C28H19F3N2O5/c29-28(30,31)38-20-12-10-17(11-13-20)23-25(34)32-22-15-19-9-5-4-8-18(19)14-21(22)26(35)33(23)24(27(36)37)16-6-2-1-3-7-16/h1-15,23-24H,(H,32,34)(H,36,37). The van der Waals surface area contributed by atoms with E-state index in [9.17, 15) is 32.7 Å². The highest BCUT2D eigenvalue weighted by Crippen LogP contribution is 2.39. The van der Waals surface area contributed by atoms with E-state index in [0.717, 1.165) is 22.4 Å². The van der Waals surface area contributed by atoms with Gasteiger partial charge >= 0.3 is 12.3 Å². The van der Waals surface area contributed by atoms with Crippen LogP contribution < -0.4 is 10.1 Å². The van der Waals surface area contributed by atoms with Crippen LogP contribution in [-0.2, 0) is 9.59 Å². The molecule has 10 heteroatoms. The van der Waals surface area contributed by atoms with Gasteiger partial charge in [0, 0.05) is 0 Å². The zero-order valence-electron chi connectivity index (χ0n) is 19.5. The molecule has 0 aromatic heterocycles. The van der Waals surface area contributed by atoms with Crippen LogP contribution in [0.4, 0.5) is 18.9 Å². The van der Waals surface area contributed by atoms with Crippen LogP contribution in [0.25, 0.3) is 10.8 Å². The number of benzene rings is 4. The van der Waals surface area contributed by atoms with Crippen LogP contribution in [0.5, 0.6) is 5.75 Å². The Morgan fingerprint density at radius 3 is 2.11 bits per heavy atom. The van der Waals surface area contributed by atoms with Crippen LogP contribution in [0.15, 0.2) is 91.0 Å². The molecule has 5 rings (SSSR count). The highest BCUT2D eigenvalue weighted by atomic mass is 19.4. The molecule has 2 N–H and O–H groups in total. The second-order valence-corrected chi connectivity index (χ2v) is 8.62. The lowest BCUT2D eigenvalue weighted by atomic mass is 9.97. The van der Waals surface area contributed by atoms with E-state index in [1.165, 1.54) is 24.3 Å². The first-order valence-electron chi connectivity index (χ1n) is 11.4. The summed E-state index contributed by atoms with van der Waals surface area (Å²) < 4.78 is 41.9. The Labute approximate surface area is 214 Å². The van der Waals surface area contributed by atoms with Crippen LogP contribution in [-0.4, -0.2) is 34.2 Å². The molecule has 2 unspecified atom stereocenters. The molecule has 0 saturated carbocycles. The average Bonchev–Trinajstić information content (AvgIpc) is 2.97. The summed E-state index contributed by atoms with van der Waals surface area (Å²) in [5.41, 5.74) is 0.622. The molecule has 0 bridgehead atoms. The molecule has 1 aliphatic heterocycles. The number of carbonyl (C=O) groups is 3. The van der Waals surface area contributed by atoms with Crippen LogP contribution >= 0.6 is 0 Å². The maximum Gasteiger partial charge on any atom is 0.573 e. The molecule has 7 nitrogen and oxygen atoms in total. The summed E-state index contributed by atoms with van der Waals surface area (Å²) in [7, 11) is 0. The van der Waals surface area contributed by atoms with E-state index in [4.69, 9.17) is 0 Å². The number of nitrogens with one attached hydrogen (secondary N) is 1. The number of halogens is 3. The highest BCUT2D eigenvalue weighted by Gasteiger charge is 2.44. The molecule has 0 radical (unpaired) electrons. The summed E-state index contributed by atoms with van der Waals surface area (Å²) in [6.07, 6.45) is -4.92. The van der Waals surface area contributed by atoms with Crippen molar-refractivity contribution in [3.8, 4) is 5.75 Å². The SMILES string of the molecule is O=C(O)C(c1ccccc1)N1C(=O)c2cc3ccccc3cc2NC(=O)C1c1ccc(OC(F)(F)F)cc1. The number of carboxylic acid groups (broad SMARTS) is 1. The number of amides is 2. The maximum atomic E-state index is 14.1. The van der Waals surface area contributed by atoms with E-state index in [2.05, 4.69) is 10.1 Å². The lowest BCUT2D eigenvalue weighted by Crippen LogP contribution is -2.44. The molecule has 0 spiro atoms. The van der Waals surface area contributed by atoms with E-state index in [-0.39, 0.29) is 22.4 Å². The highest BCUT2D eigenvalue weighted by molar-refractivity contribution is 6.13. The normalized spacial score (nSPS) is 16.4. The van der Waals surface area contributed by atoms with Gasteiger partial charge in [0.2, 0.25) is 0 Å². The van der Waals surface area contributed by atoms with E-state index < -0.39 is 42.0 Å². The number of fused-ring (bicyclic) bond motifs is 2. The largest absolute Gasteiger partial charge is 0.573 e. The quantitative estimate of drug-likeness (QED) is 0.352. The van der Waals surface area contributed by atoms with Crippen LogP contribution in [0, 0.1) is 0 Å². The minimum absolute atomic E-state index is 0.0822. The van der Waals surface area contributed by atoms with Crippen molar-refractivity contribution in [3.63, 3.8) is 0 Å². The predicted octanol–water partition coefficient (Wildman–Crippen LogP) is 5.70. The van der Waals surface area contributed by atoms with Crippen molar-refractivity contribution < 1.29 is 37.4 Å². The van der Waals surface area contributed by atoms with E-state index in [0.29, 0.717) is 5.39 Å². The molecular formula is C28H19F3N2O5. The van der Waals surface area contributed by atoms with Crippen molar-refractivity contribution in [2.24, 2.45) is 0 Å².